The molecule has 1 unspecified atom stereocenters. The van der Waals surface area contributed by atoms with Crippen LogP contribution < -0.4 is 32.3 Å². The number of aryl methyl sites for hydroxylation is 2. The molecule has 13 nitrogen and oxygen atoms in total. The molecule has 5 amide bonds. The summed E-state index contributed by atoms with van der Waals surface area (Å²) < 4.78 is 19.4. The van der Waals surface area contributed by atoms with Crippen molar-refractivity contribution in [3.63, 3.8) is 0 Å². The molecule has 2 spiro atoms. The van der Waals surface area contributed by atoms with Crippen LogP contribution in [0.3, 0.4) is 0 Å². The lowest BCUT2D eigenvalue weighted by molar-refractivity contribution is -0.136. The van der Waals surface area contributed by atoms with E-state index < -0.39 is 40.7 Å². The summed E-state index contributed by atoms with van der Waals surface area (Å²) in [5.41, 5.74) is 1.46. The summed E-state index contributed by atoms with van der Waals surface area (Å²) in [5.74, 6) is -3.12. The standard InChI is InChI=1S/C50H58Cl2FN7O6/c1-48(2)21-23-49(24-22-48)50(33-17-14-30(51)27-35(33)56-46(50)65)40(32-9-7-10-34(52)41(32)53)42(58-49)45(64)55-31-15-12-29(13-16-31)43(62)54-25-6-4-5-8-28-11-18-36-38(26-28)59(3)47(66)60(36)37-19-20-39(61)57-44(37)63/h7,9-11,14,17-18,26-27,29,31,37,40,42,58H,4-6,8,12-13,15-16,19-25H2,1-3H3,(H,54,62)(H,55,64)(H,56,65)(H,57,61,63)/t29?,31?,37?,40-,42+,50+/m0/s1. The molecular weight excluding hydrogens is 884 g/mol. The van der Waals surface area contributed by atoms with E-state index in [1.807, 2.05) is 24.3 Å². The highest BCUT2D eigenvalue weighted by atomic mass is 35.5. The number of carbonyl (C=O) groups excluding carboxylic acids is 5. The summed E-state index contributed by atoms with van der Waals surface area (Å²) in [6.45, 7) is 4.98. The molecule has 5 aliphatic rings. The number of anilines is 1. The van der Waals surface area contributed by atoms with Gasteiger partial charge in [0.2, 0.25) is 29.5 Å². The maximum absolute atomic E-state index is 16.4. The fourth-order valence-electron chi connectivity index (χ4n) is 12.0. The number of piperidine rings is 1. The average Bonchev–Trinajstić information content (AvgIpc) is 3.84. The van der Waals surface area contributed by atoms with Gasteiger partial charge < -0.3 is 16.0 Å². The molecule has 3 aliphatic heterocycles. The second-order valence-corrected chi connectivity index (χ2v) is 20.9. The average molecular weight is 943 g/mol. The van der Waals surface area contributed by atoms with Crippen LogP contribution in [0.2, 0.25) is 10.0 Å². The highest BCUT2D eigenvalue weighted by Crippen LogP contribution is 2.64. The molecule has 3 aromatic carbocycles. The van der Waals surface area contributed by atoms with Crippen molar-refractivity contribution in [2.45, 2.75) is 139 Å². The van der Waals surface area contributed by atoms with Crippen molar-refractivity contribution < 1.29 is 28.4 Å². The highest BCUT2D eigenvalue weighted by Gasteiger charge is 2.73. The molecule has 66 heavy (non-hydrogen) atoms. The number of imidazole rings is 1. The molecule has 2 aliphatic carbocycles. The maximum atomic E-state index is 16.4. The van der Waals surface area contributed by atoms with E-state index in [4.69, 9.17) is 23.2 Å². The van der Waals surface area contributed by atoms with Gasteiger partial charge in [-0.25, -0.2) is 9.18 Å². The predicted octanol–water partition coefficient (Wildman–Crippen LogP) is 7.25. The van der Waals surface area contributed by atoms with Gasteiger partial charge >= 0.3 is 5.69 Å². The molecule has 0 radical (unpaired) electrons. The van der Waals surface area contributed by atoms with Crippen molar-refractivity contribution in [2.75, 3.05) is 11.9 Å². The Morgan fingerprint density at radius 2 is 1.61 bits per heavy atom. The molecule has 4 atom stereocenters. The number of hydrogen-bond acceptors (Lipinski definition) is 7. The van der Waals surface area contributed by atoms with Gasteiger partial charge in [0, 0.05) is 54.1 Å². The number of benzene rings is 3. The van der Waals surface area contributed by atoms with Crippen molar-refractivity contribution in [1.29, 1.82) is 0 Å². The number of nitrogens with zero attached hydrogens (tertiary/aromatic N) is 2. The van der Waals surface area contributed by atoms with Gasteiger partial charge in [-0.15, -0.1) is 0 Å². The topological polar surface area (TPSA) is 172 Å². The van der Waals surface area contributed by atoms with E-state index in [-0.39, 0.29) is 70.1 Å². The van der Waals surface area contributed by atoms with Crippen LogP contribution in [-0.4, -0.2) is 62.8 Å². The number of imide groups is 1. The van der Waals surface area contributed by atoms with Crippen molar-refractivity contribution in [1.82, 2.24) is 30.4 Å². The Morgan fingerprint density at radius 3 is 2.35 bits per heavy atom. The number of halogens is 3. The van der Waals surface area contributed by atoms with Crippen molar-refractivity contribution in [3.05, 3.63) is 97.6 Å². The lowest BCUT2D eigenvalue weighted by atomic mass is 9.53. The molecule has 4 aromatic rings. The van der Waals surface area contributed by atoms with Gasteiger partial charge in [0.1, 0.15) is 17.3 Å². The van der Waals surface area contributed by atoms with Gasteiger partial charge in [-0.3, -0.25) is 43.7 Å². The first-order valence-electron chi connectivity index (χ1n) is 23.5. The molecule has 2 saturated carbocycles. The van der Waals surface area contributed by atoms with Crippen LogP contribution >= 0.6 is 23.2 Å². The fraction of sp³-hybridized carbons (Fsp3) is 0.520. The molecule has 16 heteroatoms. The van der Waals surface area contributed by atoms with Gasteiger partial charge in [-0.2, -0.15) is 0 Å². The number of rotatable bonds is 11. The Hall–Kier alpha value is -5.05. The van der Waals surface area contributed by atoms with Gasteiger partial charge in [0.15, 0.2) is 0 Å². The third-order valence-corrected chi connectivity index (χ3v) is 16.1. The van der Waals surface area contributed by atoms with Crippen LogP contribution in [0.1, 0.15) is 126 Å². The van der Waals surface area contributed by atoms with E-state index in [0.717, 1.165) is 49.6 Å². The largest absolute Gasteiger partial charge is 0.356 e. The van der Waals surface area contributed by atoms with E-state index in [9.17, 15) is 28.8 Å². The minimum absolute atomic E-state index is 0.00995. The number of amides is 5. The number of fused-ring (bicyclic) bond motifs is 4. The first kappa shape index (κ1) is 46.1. The first-order chi connectivity index (χ1) is 31.5. The van der Waals surface area contributed by atoms with Crippen LogP contribution in [0.15, 0.2) is 59.4 Å². The lowest BCUT2D eigenvalue weighted by Crippen LogP contribution is -2.61. The number of aromatic nitrogens is 2. The Morgan fingerprint density at radius 1 is 0.848 bits per heavy atom. The summed E-state index contributed by atoms with van der Waals surface area (Å²) in [4.78, 5) is 80.3. The second-order valence-electron chi connectivity index (χ2n) is 20.1. The lowest BCUT2D eigenvalue weighted by Gasteiger charge is -2.50. The van der Waals surface area contributed by atoms with E-state index in [1.165, 1.54) is 10.6 Å². The molecule has 4 heterocycles. The van der Waals surface area contributed by atoms with Crippen molar-refractivity contribution in [3.8, 4) is 0 Å². The minimum Gasteiger partial charge on any atom is -0.356 e. The third kappa shape index (κ3) is 8.04. The van der Waals surface area contributed by atoms with Crippen LogP contribution in [0.25, 0.3) is 11.0 Å². The summed E-state index contributed by atoms with van der Waals surface area (Å²) in [6, 6.07) is 14.0. The zero-order valence-electron chi connectivity index (χ0n) is 37.7. The molecule has 0 bridgehead atoms. The first-order valence-corrected chi connectivity index (χ1v) is 24.2. The smallest absolute Gasteiger partial charge is 0.329 e. The number of carbonyl (C=O) groups is 5. The second kappa shape index (κ2) is 17.9. The van der Waals surface area contributed by atoms with E-state index in [2.05, 4.69) is 40.4 Å². The quantitative estimate of drug-likeness (QED) is 0.0779. The molecule has 5 N–H and O–H groups in total. The zero-order valence-corrected chi connectivity index (χ0v) is 39.2. The van der Waals surface area contributed by atoms with Crippen LogP contribution in [-0.2, 0) is 42.9 Å². The minimum atomic E-state index is -1.34. The van der Waals surface area contributed by atoms with Gasteiger partial charge in [-0.1, -0.05) is 67.7 Å². The van der Waals surface area contributed by atoms with E-state index >= 15 is 4.39 Å². The summed E-state index contributed by atoms with van der Waals surface area (Å²) in [7, 11) is 1.69. The Labute approximate surface area is 393 Å². The van der Waals surface area contributed by atoms with Crippen molar-refractivity contribution >= 4 is 69.5 Å². The van der Waals surface area contributed by atoms with Crippen LogP contribution in [0.4, 0.5) is 10.1 Å². The summed E-state index contributed by atoms with van der Waals surface area (Å²) in [6.07, 6.45) is 9.08. The Balaban J connectivity index is 0.809. The highest BCUT2D eigenvalue weighted by molar-refractivity contribution is 6.31. The number of unbranched alkanes of at least 4 members (excludes halogenated alkanes) is 2. The van der Waals surface area contributed by atoms with Gasteiger partial charge in [-0.05, 0) is 129 Å². The molecule has 9 rings (SSSR count). The summed E-state index contributed by atoms with van der Waals surface area (Å²) in [5, 5.41) is 15.9. The molecule has 1 aromatic heterocycles. The maximum Gasteiger partial charge on any atom is 0.329 e. The third-order valence-electron chi connectivity index (χ3n) is 15.6. The van der Waals surface area contributed by atoms with Crippen LogP contribution in [0.5, 0.6) is 0 Å². The van der Waals surface area contributed by atoms with Crippen LogP contribution in [0, 0.1) is 17.2 Å². The molecule has 2 saturated heterocycles. The van der Waals surface area contributed by atoms with Gasteiger partial charge in [0.25, 0.3) is 0 Å². The van der Waals surface area contributed by atoms with Crippen molar-refractivity contribution in [2.24, 2.45) is 18.4 Å². The SMILES string of the molecule is Cn1c(=O)n(C2CCC(=O)NC2=O)c2ccc(CCCCCNC(=O)C3CCC(NC(=O)[C@@H]4NC5(CCC(C)(C)CC5)[C@@]5(C(=O)Nc6cc(Cl)ccc65)[C@H]4c4cccc(Cl)c4F)CC3)cc21. The van der Waals surface area contributed by atoms with Gasteiger partial charge in [0.05, 0.1) is 22.1 Å². The summed E-state index contributed by atoms with van der Waals surface area (Å²) >= 11 is 12.9. The number of nitrogens with one attached hydrogen (secondary N) is 5. The zero-order chi connectivity index (χ0) is 46.7. The fourth-order valence-corrected chi connectivity index (χ4v) is 12.3. The van der Waals surface area contributed by atoms with E-state index in [1.54, 1.807) is 35.9 Å². The molecular formula is C50H58Cl2FN7O6. The van der Waals surface area contributed by atoms with E-state index in [0.29, 0.717) is 66.9 Å². The number of hydrogen-bond donors (Lipinski definition) is 5. The molecule has 350 valence electrons. The Kier molecular flexibility index (Phi) is 12.5. The molecule has 4 fully saturated rings. The predicted molar refractivity (Wildman–Crippen MR) is 251 cm³/mol. The normalized spacial score (nSPS) is 26.6. The monoisotopic (exact) mass is 941 g/mol. The Bertz CT molecular complexity index is 2680.